The predicted octanol–water partition coefficient (Wildman–Crippen LogP) is 0.945. The zero-order chi connectivity index (χ0) is 13.8. The lowest BCUT2D eigenvalue weighted by molar-refractivity contribution is 0.124. The smallest absolute Gasteiger partial charge is 0.216 e. The molecule has 2 N–H and O–H groups in total. The number of nitrogens with zero attached hydrogens (tertiary/aromatic N) is 1. The van der Waals surface area contributed by atoms with Gasteiger partial charge in [-0.3, -0.25) is 0 Å². The lowest BCUT2D eigenvalue weighted by Crippen LogP contribution is -2.54. The van der Waals surface area contributed by atoms with E-state index in [1.807, 2.05) is 13.8 Å². The van der Waals surface area contributed by atoms with E-state index in [2.05, 4.69) is 0 Å². The van der Waals surface area contributed by atoms with E-state index in [0.717, 1.165) is 25.7 Å². The largest absolute Gasteiger partial charge is 0.377 e. The maximum absolute atomic E-state index is 12.4. The Kier molecular flexibility index (Phi) is 5.58. The summed E-state index contributed by atoms with van der Waals surface area (Å²) in [6.07, 6.45) is 3.08. The molecule has 1 heterocycles. The number of ether oxygens (including phenoxy) is 1. The highest BCUT2D eigenvalue weighted by molar-refractivity contribution is 7.89. The lowest BCUT2D eigenvalue weighted by Gasteiger charge is -2.39. The highest BCUT2D eigenvalue weighted by Crippen LogP contribution is 2.26. The first-order valence-corrected chi connectivity index (χ1v) is 8.31. The molecule has 108 valence electrons. The van der Waals surface area contributed by atoms with Gasteiger partial charge in [0.15, 0.2) is 0 Å². The van der Waals surface area contributed by atoms with Crippen LogP contribution in [0.25, 0.3) is 0 Å². The summed E-state index contributed by atoms with van der Waals surface area (Å²) in [7, 11) is -1.67. The first-order chi connectivity index (χ1) is 8.41. The molecule has 1 fully saturated rings. The molecule has 1 saturated heterocycles. The van der Waals surface area contributed by atoms with Crippen molar-refractivity contribution >= 4 is 10.0 Å². The Balaban J connectivity index is 2.81. The van der Waals surface area contributed by atoms with Gasteiger partial charge in [-0.2, -0.15) is 4.31 Å². The topological polar surface area (TPSA) is 72.6 Å². The quantitative estimate of drug-likeness (QED) is 0.752. The number of sulfonamides is 1. The van der Waals surface area contributed by atoms with Crippen molar-refractivity contribution in [3.8, 4) is 0 Å². The first-order valence-electron chi connectivity index (χ1n) is 6.70. The summed E-state index contributed by atoms with van der Waals surface area (Å²) in [5.74, 6) is 0.0747. The molecule has 1 rings (SSSR count). The molecule has 5 nitrogen and oxygen atoms in total. The molecule has 0 aromatic carbocycles. The Morgan fingerprint density at radius 3 is 2.39 bits per heavy atom. The average Bonchev–Trinajstić information content (AvgIpc) is 2.84. The van der Waals surface area contributed by atoms with Crippen molar-refractivity contribution < 1.29 is 13.2 Å². The molecule has 0 amide bonds. The third-order valence-corrected chi connectivity index (χ3v) is 6.22. The van der Waals surface area contributed by atoms with Crippen LogP contribution in [-0.4, -0.2) is 50.3 Å². The molecule has 1 atom stereocenters. The van der Waals surface area contributed by atoms with Crippen molar-refractivity contribution in [2.24, 2.45) is 5.73 Å². The van der Waals surface area contributed by atoms with Crippen LogP contribution in [0.4, 0.5) is 0 Å². The van der Waals surface area contributed by atoms with E-state index >= 15 is 0 Å². The molecule has 1 unspecified atom stereocenters. The van der Waals surface area contributed by atoms with Gasteiger partial charge in [0, 0.05) is 25.7 Å². The molecule has 0 spiro atoms. The fourth-order valence-electron chi connectivity index (χ4n) is 2.53. The van der Waals surface area contributed by atoms with Crippen LogP contribution in [0, 0.1) is 0 Å². The monoisotopic (exact) mass is 278 g/mol. The van der Waals surface area contributed by atoms with Crippen molar-refractivity contribution in [1.29, 1.82) is 0 Å². The number of likely N-dealkylation sites (N-methyl/N-ethyl adjacent to an activating group) is 1. The zero-order valence-corrected chi connectivity index (χ0v) is 12.5. The minimum atomic E-state index is -3.31. The lowest BCUT2D eigenvalue weighted by atomic mass is 9.93. The average molecular weight is 278 g/mol. The summed E-state index contributed by atoms with van der Waals surface area (Å²) in [4.78, 5) is 0. The van der Waals surface area contributed by atoms with Gasteiger partial charge in [-0.15, -0.1) is 0 Å². The van der Waals surface area contributed by atoms with Gasteiger partial charge >= 0.3 is 0 Å². The van der Waals surface area contributed by atoms with E-state index in [9.17, 15) is 8.42 Å². The predicted molar refractivity (Wildman–Crippen MR) is 72.9 cm³/mol. The molecule has 18 heavy (non-hydrogen) atoms. The number of hydrogen-bond donors (Lipinski definition) is 1. The Morgan fingerprint density at radius 1 is 1.39 bits per heavy atom. The van der Waals surface area contributed by atoms with Gasteiger partial charge < -0.3 is 10.5 Å². The second-order valence-corrected chi connectivity index (χ2v) is 7.06. The van der Waals surface area contributed by atoms with Crippen LogP contribution < -0.4 is 5.73 Å². The van der Waals surface area contributed by atoms with Crippen molar-refractivity contribution in [1.82, 2.24) is 4.31 Å². The molecular formula is C12H26N2O3S. The van der Waals surface area contributed by atoms with Gasteiger partial charge in [0.05, 0.1) is 11.9 Å². The van der Waals surface area contributed by atoms with E-state index < -0.39 is 15.6 Å². The van der Waals surface area contributed by atoms with Crippen molar-refractivity contribution in [3.05, 3.63) is 0 Å². The maximum Gasteiger partial charge on any atom is 0.216 e. The number of rotatable bonds is 7. The summed E-state index contributed by atoms with van der Waals surface area (Å²) >= 11 is 0. The summed E-state index contributed by atoms with van der Waals surface area (Å²) < 4.78 is 31.7. The minimum Gasteiger partial charge on any atom is -0.377 e. The van der Waals surface area contributed by atoms with E-state index in [1.165, 1.54) is 4.31 Å². The SMILES string of the molecule is CCC(CC)(CN)N(C)S(=O)(=O)CC1CCCO1. The normalized spacial score (nSPS) is 21.7. The molecule has 0 bridgehead atoms. The van der Waals surface area contributed by atoms with Crippen LogP contribution in [0.3, 0.4) is 0 Å². The second-order valence-electron chi connectivity index (χ2n) is 5.02. The Bertz CT molecular complexity index is 338. The fourth-order valence-corrected chi connectivity index (χ4v) is 4.41. The maximum atomic E-state index is 12.4. The third-order valence-electron chi connectivity index (χ3n) is 4.20. The molecule has 6 heteroatoms. The van der Waals surface area contributed by atoms with Crippen LogP contribution in [0.2, 0.25) is 0 Å². The van der Waals surface area contributed by atoms with Gasteiger partial charge in [0.2, 0.25) is 10.0 Å². The standard InChI is InChI=1S/C12H26N2O3S/c1-4-12(5-2,10-13)14(3)18(15,16)9-11-7-6-8-17-11/h11H,4-10,13H2,1-3H3. The number of hydrogen-bond acceptors (Lipinski definition) is 4. The summed E-state index contributed by atoms with van der Waals surface area (Å²) in [5.41, 5.74) is 5.34. The summed E-state index contributed by atoms with van der Waals surface area (Å²) in [6.45, 7) is 4.98. The molecule has 0 saturated carbocycles. The van der Waals surface area contributed by atoms with Crippen LogP contribution in [0.1, 0.15) is 39.5 Å². The Hall–Kier alpha value is -0.170. The Morgan fingerprint density at radius 2 is 2.00 bits per heavy atom. The molecule has 0 aromatic heterocycles. The molecular weight excluding hydrogens is 252 g/mol. The molecule has 1 aliphatic rings. The minimum absolute atomic E-state index is 0.0747. The van der Waals surface area contributed by atoms with Crippen molar-refractivity contribution in [2.75, 3.05) is 26.0 Å². The fraction of sp³-hybridized carbons (Fsp3) is 1.00. The van der Waals surface area contributed by atoms with Gasteiger partial charge in [0.1, 0.15) is 0 Å². The van der Waals surface area contributed by atoms with Gasteiger partial charge in [0.25, 0.3) is 0 Å². The van der Waals surface area contributed by atoms with Gasteiger partial charge in [-0.1, -0.05) is 13.8 Å². The molecule has 0 radical (unpaired) electrons. The van der Waals surface area contributed by atoms with Crippen LogP contribution in [-0.2, 0) is 14.8 Å². The molecule has 1 aliphatic heterocycles. The highest BCUT2D eigenvalue weighted by atomic mass is 32.2. The van der Waals surface area contributed by atoms with Crippen LogP contribution in [0.15, 0.2) is 0 Å². The van der Waals surface area contributed by atoms with Gasteiger partial charge in [-0.05, 0) is 25.7 Å². The number of nitrogens with two attached hydrogens (primary N) is 1. The van der Waals surface area contributed by atoms with Crippen molar-refractivity contribution in [3.63, 3.8) is 0 Å². The van der Waals surface area contributed by atoms with E-state index in [1.54, 1.807) is 7.05 Å². The summed E-state index contributed by atoms with van der Waals surface area (Å²) in [6, 6.07) is 0. The van der Waals surface area contributed by atoms with Crippen LogP contribution >= 0.6 is 0 Å². The van der Waals surface area contributed by atoms with E-state index in [0.29, 0.717) is 13.2 Å². The van der Waals surface area contributed by atoms with Crippen molar-refractivity contribution in [2.45, 2.75) is 51.2 Å². The van der Waals surface area contributed by atoms with Crippen LogP contribution in [0.5, 0.6) is 0 Å². The van der Waals surface area contributed by atoms with Gasteiger partial charge in [-0.25, -0.2) is 8.42 Å². The first kappa shape index (κ1) is 15.9. The van der Waals surface area contributed by atoms with E-state index in [4.69, 9.17) is 10.5 Å². The highest BCUT2D eigenvalue weighted by Gasteiger charge is 2.38. The molecule has 0 aliphatic carbocycles. The zero-order valence-electron chi connectivity index (χ0n) is 11.7. The Labute approximate surface area is 111 Å². The van der Waals surface area contributed by atoms with E-state index in [-0.39, 0.29) is 11.9 Å². The third kappa shape index (κ3) is 3.23. The second kappa shape index (κ2) is 6.32. The summed E-state index contributed by atoms with van der Waals surface area (Å²) in [5, 5.41) is 0. The molecule has 0 aromatic rings.